The van der Waals surface area contributed by atoms with E-state index in [1.807, 2.05) is 0 Å². The first-order valence-corrected chi connectivity index (χ1v) is 8.05. The summed E-state index contributed by atoms with van der Waals surface area (Å²) in [6.07, 6.45) is 0.0988. The number of aliphatic hydroxyl groups excluding tert-OH is 1. The largest absolute Gasteiger partial charge is 0.386 e. The fourth-order valence-corrected chi connectivity index (χ4v) is 2.48. The second-order valence-electron chi connectivity index (χ2n) is 6.18. The van der Waals surface area contributed by atoms with E-state index in [-0.39, 0.29) is 18.5 Å². The van der Waals surface area contributed by atoms with Crippen LogP contribution in [0.25, 0.3) is 0 Å². The van der Waals surface area contributed by atoms with Gasteiger partial charge in [0.2, 0.25) is 0 Å². The number of nitrogens with two attached hydrogens (primary N) is 2. The minimum Gasteiger partial charge on any atom is -0.386 e. The number of nitrogens with zero attached hydrogens (tertiary/aromatic N) is 2. The molecule has 1 aliphatic heterocycles. The topological polar surface area (TPSA) is 126 Å². The van der Waals surface area contributed by atoms with Crippen LogP contribution in [0, 0.1) is 5.92 Å². The molecule has 5 N–H and O–H groups in total. The molecule has 0 bridgehead atoms. The molecule has 2 rings (SSSR count). The van der Waals surface area contributed by atoms with E-state index in [9.17, 15) is 9.90 Å². The molecule has 1 aromatic rings. The van der Waals surface area contributed by atoms with Crippen molar-refractivity contribution in [3.8, 4) is 0 Å². The molecule has 24 heavy (non-hydrogen) atoms. The first-order chi connectivity index (χ1) is 11.3. The van der Waals surface area contributed by atoms with E-state index in [1.54, 1.807) is 0 Å². The maximum Gasteiger partial charge on any atom is 0.351 e. The number of anilines is 1. The maximum absolute atomic E-state index is 11.9. The second-order valence-corrected chi connectivity index (χ2v) is 6.18. The predicted octanol–water partition coefficient (Wildman–Crippen LogP) is 0.0300. The van der Waals surface area contributed by atoms with Crippen molar-refractivity contribution in [3.63, 3.8) is 0 Å². The summed E-state index contributed by atoms with van der Waals surface area (Å²) in [5.41, 5.74) is 11.3. The van der Waals surface area contributed by atoms with Crippen LogP contribution in [-0.4, -0.2) is 46.1 Å². The first kappa shape index (κ1) is 18.6. The molecule has 0 saturated carbocycles. The Balaban J connectivity index is 1.97. The fraction of sp³-hybridized carbons (Fsp3) is 0.625. The van der Waals surface area contributed by atoms with Gasteiger partial charge in [-0.25, -0.2) is 4.79 Å². The zero-order chi connectivity index (χ0) is 17.9. The quantitative estimate of drug-likeness (QED) is 0.599. The van der Waals surface area contributed by atoms with Crippen molar-refractivity contribution in [1.29, 1.82) is 0 Å². The Kier molecular flexibility index (Phi) is 6.11. The van der Waals surface area contributed by atoms with Gasteiger partial charge in [-0.3, -0.25) is 4.57 Å². The van der Waals surface area contributed by atoms with Gasteiger partial charge in [0.05, 0.1) is 13.2 Å². The predicted molar refractivity (Wildman–Crippen MR) is 90.2 cm³/mol. The highest BCUT2D eigenvalue weighted by atomic mass is 16.6. The van der Waals surface area contributed by atoms with E-state index in [4.69, 9.17) is 20.9 Å². The third-order valence-electron chi connectivity index (χ3n) is 4.42. The summed E-state index contributed by atoms with van der Waals surface area (Å²) in [4.78, 5) is 15.6. The van der Waals surface area contributed by atoms with E-state index in [0.29, 0.717) is 18.1 Å². The van der Waals surface area contributed by atoms with Gasteiger partial charge < -0.3 is 26.0 Å². The summed E-state index contributed by atoms with van der Waals surface area (Å²) in [6.45, 7) is 8.49. The Morgan fingerprint density at radius 3 is 2.92 bits per heavy atom. The van der Waals surface area contributed by atoms with Gasteiger partial charge in [0.1, 0.15) is 18.0 Å². The molecule has 1 saturated heterocycles. The first-order valence-electron chi connectivity index (χ1n) is 8.05. The van der Waals surface area contributed by atoms with Crippen molar-refractivity contribution in [2.24, 2.45) is 11.7 Å². The van der Waals surface area contributed by atoms with Gasteiger partial charge in [0.15, 0.2) is 6.23 Å². The Hall–Kier alpha value is -1.74. The normalized spacial score (nSPS) is 26.5. The van der Waals surface area contributed by atoms with Crippen molar-refractivity contribution in [2.75, 3.05) is 18.9 Å². The summed E-state index contributed by atoms with van der Waals surface area (Å²) in [7, 11) is 0. The lowest BCUT2D eigenvalue weighted by atomic mass is 10.0. The molecule has 8 nitrogen and oxygen atoms in total. The molecule has 0 aromatic carbocycles. The van der Waals surface area contributed by atoms with E-state index >= 15 is 0 Å². The Bertz CT molecular complexity index is 633. The van der Waals surface area contributed by atoms with Crippen molar-refractivity contribution >= 4 is 5.82 Å². The lowest BCUT2D eigenvalue weighted by Gasteiger charge is -2.20. The highest BCUT2D eigenvalue weighted by Gasteiger charge is 2.39. The molecule has 3 unspecified atom stereocenters. The van der Waals surface area contributed by atoms with Crippen LogP contribution >= 0.6 is 0 Å². The fourth-order valence-electron chi connectivity index (χ4n) is 2.48. The minimum absolute atomic E-state index is 0.0727. The molecule has 5 atom stereocenters. The van der Waals surface area contributed by atoms with Gasteiger partial charge in [-0.05, 0) is 12.0 Å². The number of aliphatic hydroxyl groups is 1. The molecular weight excluding hydrogens is 312 g/mol. The van der Waals surface area contributed by atoms with Gasteiger partial charge in [-0.2, -0.15) is 4.98 Å². The molecule has 0 amide bonds. The zero-order valence-corrected chi connectivity index (χ0v) is 14.1. The SMILES string of the molecule is C=C1C(O)[C@@H](COCC(N)C(C)CC)O[C@H]1n1ccc(N)nc1=O. The third kappa shape index (κ3) is 4.02. The summed E-state index contributed by atoms with van der Waals surface area (Å²) < 4.78 is 12.6. The standard InChI is InChI=1S/C16H26N4O4/c1-4-9(2)11(17)7-23-8-12-14(21)10(3)15(24-12)20-6-5-13(18)19-16(20)22/h5-6,9,11-12,14-15,21H,3-4,7-8,17H2,1-2H3,(H2,18,19,22)/t9?,11?,12-,14?,15-/m1/s1. The van der Waals surface area contributed by atoms with Crippen LogP contribution in [0.1, 0.15) is 26.5 Å². The molecule has 134 valence electrons. The van der Waals surface area contributed by atoms with Gasteiger partial charge >= 0.3 is 5.69 Å². The molecule has 0 aliphatic carbocycles. The van der Waals surface area contributed by atoms with Crippen LogP contribution in [-0.2, 0) is 9.47 Å². The Morgan fingerprint density at radius 2 is 2.29 bits per heavy atom. The summed E-state index contributed by atoms with van der Waals surface area (Å²) in [6, 6.07) is 1.41. The minimum atomic E-state index is -0.931. The number of ether oxygens (including phenoxy) is 2. The van der Waals surface area contributed by atoms with Crippen LogP contribution in [0.15, 0.2) is 29.2 Å². The molecule has 0 radical (unpaired) electrons. The van der Waals surface area contributed by atoms with E-state index in [2.05, 4.69) is 25.4 Å². The van der Waals surface area contributed by atoms with E-state index in [0.717, 1.165) is 6.42 Å². The average Bonchev–Trinajstić information content (AvgIpc) is 2.82. The Labute approximate surface area is 141 Å². The lowest BCUT2D eigenvalue weighted by molar-refractivity contribution is -0.0655. The number of aromatic nitrogens is 2. The molecule has 1 aliphatic rings. The van der Waals surface area contributed by atoms with Crippen molar-refractivity contribution in [3.05, 3.63) is 34.9 Å². The van der Waals surface area contributed by atoms with Gasteiger partial charge in [0.25, 0.3) is 0 Å². The van der Waals surface area contributed by atoms with E-state index < -0.39 is 24.1 Å². The summed E-state index contributed by atoms with van der Waals surface area (Å²) in [5.74, 6) is 0.473. The molecule has 2 heterocycles. The van der Waals surface area contributed by atoms with Gasteiger partial charge in [0, 0.05) is 17.8 Å². The molecule has 1 fully saturated rings. The molecule has 1 aromatic heterocycles. The molecular formula is C16H26N4O4. The van der Waals surface area contributed by atoms with Crippen molar-refractivity contribution in [1.82, 2.24) is 9.55 Å². The van der Waals surface area contributed by atoms with Gasteiger partial charge in [-0.1, -0.05) is 26.8 Å². The smallest absolute Gasteiger partial charge is 0.351 e. The monoisotopic (exact) mass is 338 g/mol. The number of rotatable bonds is 7. The van der Waals surface area contributed by atoms with E-state index in [1.165, 1.54) is 16.8 Å². The van der Waals surface area contributed by atoms with Gasteiger partial charge in [-0.15, -0.1) is 0 Å². The summed E-state index contributed by atoms with van der Waals surface area (Å²) >= 11 is 0. The van der Waals surface area contributed by atoms with Crippen LogP contribution in [0.4, 0.5) is 5.82 Å². The average molecular weight is 338 g/mol. The van der Waals surface area contributed by atoms with Crippen LogP contribution in [0.2, 0.25) is 0 Å². The highest BCUT2D eigenvalue weighted by molar-refractivity contribution is 5.24. The zero-order valence-electron chi connectivity index (χ0n) is 14.1. The molecule has 8 heteroatoms. The van der Waals surface area contributed by atoms with Crippen molar-refractivity contribution < 1.29 is 14.6 Å². The number of hydrogen-bond acceptors (Lipinski definition) is 7. The number of hydrogen-bond donors (Lipinski definition) is 3. The van der Waals surface area contributed by atoms with Crippen molar-refractivity contribution in [2.45, 2.75) is 44.7 Å². The van der Waals surface area contributed by atoms with Crippen LogP contribution < -0.4 is 17.2 Å². The second kappa shape index (κ2) is 7.89. The van der Waals surface area contributed by atoms with Crippen LogP contribution in [0.3, 0.4) is 0 Å². The highest BCUT2D eigenvalue weighted by Crippen LogP contribution is 2.32. The maximum atomic E-state index is 11.9. The number of nitrogen functional groups attached to an aromatic ring is 1. The van der Waals surface area contributed by atoms with Crippen LogP contribution in [0.5, 0.6) is 0 Å². The lowest BCUT2D eigenvalue weighted by Crippen LogP contribution is -2.35. The molecule has 0 spiro atoms. The third-order valence-corrected chi connectivity index (χ3v) is 4.42. The summed E-state index contributed by atoms with van der Waals surface area (Å²) in [5, 5.41) is 10.3. The Morgan fingerprint density at radius 1 is 1.58 bits per heavy atom.